The number of alkyl halides is 4. The molecule has 3 N–H and O–H groups in total. The van der Waals surface area contributed by atoms with E-state index in [1.807, 2.05) is 12.1 Å². The quantitative estimate of drug-likeness (QED) is 0.455. The first-order valence-corrected chi connectivity index (χ1v) is 11.7. The molecule has 12 heteroatoms. The van der Waals surface area contributed by atoms with Gasteiger partial charge in [0.05, 0.1) is 23.4 Å². The summed E-state index contributed by atoms with van der Waals surface area (Å²) in [4.78, 5) is 24.5. The van der Waals surface area contributed by atoms with Gasteiger partial charge in [0.1, 0.15) is 17.5 Å². The number of aromatic amines is 1. The number of amides is 2. The summed E-state index contributed by atoms with van der Waals surface area (Å²) in [6, 6.07) is 7.26. The van der Waals surface area contributed by atoms with Crippen LogP contribution in [0.4, 0.5) is 39.5 Å². The number of hydrogen-bond donors (Lipinski definition) is 3. The van der Waals surface area contributed by atoms with Gasteiger partial charge in [-0.25, -0.2) is 14.2 Å². The number of hydrogen-bond acceptors (Lipinski definition) is 5. The number of aromatic nitrogens is 2. The van der Waals surface area contributed by atoms with Crippen molar-refractivity contribution < 1.29 is 27.1 Å². The first kappa shape index (κ1) is 24.3. The number of carbonyl (C=O) groups excluding carboxylic acids is 1. The molecule has 2 fully saturated rings. The standard InChI is InChI=1S/C24H26F4N6O2/c25-17-14-36-12-7-20(17)33-8-10-34(11-9-33)21-6-5-18-22(32-21)19(13-29-18)31-23(35)30-16-3-1-15(2-4-16)24(26,27)28/h1-6,13,17,20,29H,7-12,14H2,(H2,30,31,35). The summed E-state index contributed by atoms with van der Waals surface area (Å²) in [5.74, 6) is 0.747. The second-order valence-corrected chi connectivity index (χ2v) is 8.89. The number of anilines is 3. The third-order valence-electron chi connectivity index (χ3n) is 6.59. The summed E-state index contributed by atoms with van der Waals surface area (Å²) in [6.45, 7) is 3.57. The molecule has 5 rings (SSSR count). The lowest BCUT2D eigenvalue weighted by atomic mass is 10.0. The average Bonchev–Trinajstić information content (AvgIpc) is 3.26. The Morgan fingerprint density at radius 3 is 2.50 bits per heavy atom. The molecule has 0 aliphatic carbocycles. The fourth-order valence-electron chi connectivity index (χ4n) is 4.67. The van der Waals surface area contributed by atoms with Crippen LogP contribution in [0.2, 0.25) is 0 Å². The third-order valence-corrected chi connectivity index (χ3v) is 6.59. The fourth-order valence-corrected chi connectivity index (χ4v) is 4.67. The number of H-pyrrole nitrogens is 1. The zero-order chi connectivity index (χ0) is 25.3. The first-order valence-electron chi connectivity index (χ1n) is 11.7. The van der Waals surface area contributed by atoms with Crippen LogP contribution in [0.5, 0.6) is 0 Å². The highest BCUT2D eigenvalue weighted by Gasteiger charge is 2.33. The van der Waals surface area contributed by atoms with Gasteiger partial charge in [0.15, 0.2) is 0 Å². The van der Waals surface area contributed by atoms with Gasteiger partial charge in [-0.1, -0.05) is 0 Å². The lowest BCUT2D eigenvalue weighted by Crippen LogP contribution is -2.55. The molecule has 36 heavy (non-hydrogen) atoms. The Morgan fingerprint density at radius 1 is 1.06 bits per heavy atom. The van der Waals surface area contributed by atoms with E-state index in [2.05, 4.69) is 25.4 Å². The molecule has 2 atom stereocenters. The molecule has 2 aromatic heterocycles. The highest BCUT2D eigenvalue weighted by Crippen LogP contribution is 2.30. The number of pyridine rings is 1. The number of benzene rings is 1. The van der Waals surface area contributed by atoms with Crippen LogP contribution in [0.25, 0.3) is 11.0 Å². The van der Waals surface area contributed by atoms with Gasteiger partial charge in [-0.3, -0.25) is 4.90 Å². The number of piperazine rings is 1. The van der Waals surface area contributed by atoms with Crippen LogP contribution in [-0.2, 0) is 10.9 Å². The van der Waals surface area contributed by atoms with Crippen molar-refractivity contribution in [1.29, 1.82) is 0 Å². The molecule has 3 aromatic rings. The second kappa shape index (κ2) is 9.94. The summed E-state index contributed by atoms with van der Waals surface area (Å²) in [6.07, 6.45) is -3.11. The average molecular weight is 507 g/mol. The molecule has 2 saturated heterocycles. The molecule has 2 aliphatic rings. The molecule has 0 bridgehead atoms. The van der Waals surface area contributed by atoms with Crippen LogP contribution in [0.15, 0.2) is 42.6 Å². The number of nitrogens with zero attached hydrogens (tertiary/aromatic N) is 3. The minimum absolute atomic E-state index is 0.111. The summed E-state index contributed by atoms with van der Waals surface area (Å²) in [5, 5.41) is 5.22. The summed E-state index contributed by atoms with van der Waals surface area (Å²) in [5.41, 5.74) is 1.17. The lowest BCUT2D eigenvalue weighted by Gasteiger charge is -2.42. The lowest BCUT2D eigenvalue weighted by molar-refractivity contribution is -0.137. The van der Waals surface area contributed by atoms with Crippen LogP contribution in [0.1, 0.15) is 12.0 Å². The number of ether oxygens (including phenoxy) is 1. The first-order chi connectivity index (χ1) is 17.3. The van der Waals surface area contributed by atoms with E-state index in [9.17, 15) is 22.4 Å². The second-order valence-electron chi connectivity index (χ2n) is 8.89. The Morgan fingerprint density at radius 2 is 1.81 bits per heavy atom. The molecular formula is C24H26F4N6O2. The minimum Gasteiger partial charge on any atom is -0.378 e. The van der Waals surface area contributed by atoms with E-state index in [4.69, 9.17) is 9.72 Å². The highest BCUT2D eigenvalue weighted by atomic mass is 19.4. The van der Waals surface area contributed by atoms with Crippen LogP contribution in [-0.4, -0.2) is 72.5 Å². The van der Waals surface area contributed by atoms with Gasteiger partial charge in [-0.05, 0) is 42.8 Å². The van der Waals surface area contributed by atoms with Gasteiger partial charge in [-0.15, -0.1) is 0 Å². The Kier molecular flexibility index (Phi) is 6.71. The molecule has 1 aromatic carbocycles. The Bertz CT molecular complexity index is 1210. The maximum Gasteiger partial charge on any atom is 0.416 e. The zero-order valence-electron chi connectivity index (χ0n) is 19.3. The largest absolute Gasteiger partial charge is 0.416 e. The number of rotatable bonds is 4. The van der Waals surface area contributed by atoms with Gasteiger partial charge < -0.3 is 25.3 Å². The van der Waals surface area contributed by atoms with E-state index < -0.39 is 23.9 Å². The van der Waals surface area contributed by atoms with Crippen LogP contribution in [0, 0.1) is 0 Å². The van der Waals surface area contributed by atoms with Gasteiger partial charge in [-0.2, -0.15) is 13.2 Å². The molecule has 0 radical (unpaired) electrons. The molecule has 8 nitrogen and oxygen atoms in total. The van der Waals surface area contributed by atoms with E-state index in [1.54, 1.807) is 6.20 Å². The highest BCUT2D eigenvalue weighted by molar-refractivity contribution is 6.05. The summed E-state index contributed by atoms with van der Waals surface area (Å²) in [7, 11) is 0. The van der Waals surface area contributed by atoms with Crippen molar-refractivity contribution in [1.82, 2.24) is 14.9 Å². The van der Waals surface area contributed by atoms with Crippen molar-refractivity contribution in [2.75, 3.05) is 54.9 Å². The van der Waals surface area contributed by atoms with E-state index in [-0.39, 0.29) is 18.3 Å². The number of halogens is 4. The monoisotopic (exact) mass is 506 g/mol. The summed E-state index contributed by atoms with van der Waals surface area (Å²) < 4.78 is 57.7. The van der Waals surface area contributed by atoms with Crippen molar-refractivity contribution in [3.63, 3.8) is 0 Å². The van der Waals surface area contributed by atoms with E-state index in [0.29, 0.717) is 37.3 Å². The van der Waals surface area contributed by atoms with Gasteiger partial charge in [0.2, 0.25) is 0 Å². The van der Waals surface area contributed by atoms with Crippen molar-refractivity contribution >= 4 is 34.3 Å². The number of urea groups is 1. The predicted octanol–water partition coefficient (Wildman–Crippen LogP) is 4.47. The van der Waals surface area contributed by atoms with Gasteiger partial charge >= 0.3 is 12.2 Å². The van der Waals surface area contributed by atoms with Crippen molar-refractivity contribution in [3.8, 4) is 0 Å². The van der Waals surface area contributed by atoms with Crippen LogP contribution < -0.4 is 15.5 Å². The number of carbonyl (C=O) groups is 1. The molecule has 2 amide bonds. The SMILES string of the molecule is O=C(Nc1ccc(C(F)(F)F)cc1)Nc1c[nH]c2ccc(N3CCN(C4CCOCC4F)CC3)nc12. The molecule has 0 saturated carbocycles. The molecular weight excluding hydrogens is 480 g/mol. The predicted molar refractivity (Wildman–Crippen MR) is 128 cm³/mol. The van der Waals surface area contributed by atoms with E-state index in [1.165, 1.54) is 12.1 Å². The fraction of sp³-hybridized carbons (Fsp3) is 0.417. The normalized spacial score (nSPS) is 21.5. The molecule has 2 unspecified atom stereocenters. The summed E-state index contributed by atoms with van der Waals surface area (Å²) >= 11 is 0. The molecule has 4 heterocycles. The van der Waals surface area contributed by atoms with Gasteiger partial charge in [0.25, 0.3) is 0 Å². The Balaban J connectivity index is 1.23. The molecule has 0 spiro atoms. The van der Waals surface area contributed by atoms with Crippen LogP contribution >= 0.6 is 0 Å². The molecule has 2 aliphatic heterocycles. The Hall–Kier alpha value is -3.38. The number of nitrogens with one attached hydrogen (secondary N) is 3. The minimum atomic E-state index is -4.44. The molecule has 192 valence electrons. The smallest absolute Gasteiger partial charge is 0.378 e. The topological polar surface area (TPSA) is 85.5 Å². The van der Waals surface area contributed by atoms with E-state index >= 15 is 0 Å². The maximum atomic E-state index is 14.3. The van der Waals surface area contributed by atoms with E-state index in [0.717, 1.165) is 36.6 Å². The zero-order valence-corrected chi connectivity index (χ0v) is 19.3. The van der Waals surface area contributed by atoms with Crippen molar-refractivity contribution in [2.45, 2.75) is 24.8 Å². The van der Waals surface area contributed by atoms with Crippen molar-refractivity contribution in [2.24, 2.45) is 0 Å². The van der Waals surface area contributed by atoms with Gasteiger partial charge in [0, 0.05) is 50.7 Å². The van der Waals surface area contributed by atoms with Crippen LogP contribution in [0.3, 0.4) is 0 Å². The maximum absolute atomic E-state index is 14.3. The number of fused-ring (bicyclic) bond motifs is 1. The Labute approximate surface area is 204 Å². The third kappa shape index (κ3) is 5.24. The van der Waals surface area contributed by atoms with Crippen molar-refractivity contribution in [3.05, 3.63) is 48.2 Å².